The molecule has 22 heavy (non-hydrogen) atoms. The molecule has 3 rings (SSSR count). The van der Waals surface area contributed by atoms with Gasteiger partial charge in [0, 0.05) is 18.3 Å². The Morgan fingerprint density at radius 1 is 1.27 bits per heavy atom. The van der Waals surface area contributed by atoms with Crippen molar-refractivity contribution >= 4 is 21.7 Å². The number of ether oxygens (including phenoxy) is 1. The second-order valence-electron chi connectivity index (χ2n) is 5.75. The van der Waals surface area contributed by atoms with Crippen LogP contribution in [0.1, 0.15) is 29.8 Å². The molecule has 0 unspecified atom stereocenters. The smallest absolute Gasteiger partial charge is 0.355 e. The molecule has 2 aliphatic rings. The highest BCUT2D eigenvalue weighted by Gasteiger charge is 2.42. The summed E-state index contributed by atoms with van der Waals surface area (Å²) >= 11 is 0. The van der Waals surface area contributed by atoms with Crippen molar-refractivity contribution in [3.05, 3.63) is 24.0 Å². The van der Waals surface area contributed by atoms with Crippen molar-refractivity contribution < 1.29 is 22.7 Å². The zero-order chi connectivity index (χ0) is 15.7. The Kier molecular flexibility index (Phi) is 3.94. The van der Waals surface area contributed by atoms with Crippen LogP contribution in [0, 0.1) is 0 Å². The maximum Gasteiger partial charge on any atom is 0.355 e. The summed E-state index contributed by atoms with van der Waals surface area (Å²) in [6, 6.07) is 3.04. The number of nitrogens with one attached hydrogen (secondary N) is 1. The lowest BCUT2D eigenvalue weighted by molar-refractivity contribution is -0.137. The van der Waals surface area contributed by atoms with Gasteiger partial charge in [-0.15, -0.1) is 0 Å². The van der Waals surface area contributed by atoms with E-state index in [2.05, 4.69) is 4.98 Å². The maximum absolute atomic E-state index is 12.3. The van der Waals surface area contributed by atoms with Crippen LogP contribution in [0.5, 0.6) is 0 Å². The summed E-state index contributed by atoms with van der Waals surface area (Å²) in [6.45, 7) is -0.356. The fourth-order valence-electron chi connectivity index (χ4n) is 2.79. The largest absolute Gasteiger partial charge is 0.451 e. The zero-order valence-corrected chi connectivity index (χ0v) is 12.8. The molecule has 0 aromatic carbocycles. The SMILES string of the molecule is O=C(OCC(=O)N(C1CC1)[C@@H]1CCS(=O)(=O)C1)c1ccc[nH]1. The van der Waals surface area contributed by atoms with Crippen LogP contribution in [0.3, 0.4) is 0 Å². The summed E-state index contributed by atoms with van der Waals surface area (Å²) in [6.07, 6.45) is 3.83. The predicted octanol–water partition coefficient (Wildman–Crippen LogP) is 0.350. The number of aromatic nitrogens is 1. The topological polar surface area (TPSA) is 96.5 Å². The lowest BCUT2D eigenvalue weighted by atomic mass is 10.2. The number of amides is 1. The van der Waals surface area contributed by atoms with Gasteiger partial charge in [0.1, 0.15) is 5.69 Å². The highest BCUT2D eigenvalue weighted by atomic mass is 32.2. The van der Waals surface area contributed by atoms with Crippen LogP contribution in [0.15, 0.2) is 18.3 Å². The van der Waals surface area contributed by atoms with E-state index in [-0.39, 0.29) is 41.8 Å². The van der Waals surface area contributed by atoms with Crippen LogP contribution in [-0.2, 0) is 19.4 Å². The number of hydrogen-bond donors (Lipinski definition) is 1. The van der Waals surface area contributed by atoms with Crippen LogP contribution in [-0.4, -0.2) is 60.4 Å². The van der Waals surface area contributed by atoms with Crippen LogP contribution in [0.25, 0.3) is 0 Å². The van der Waals surface area contributed by atoms with Gasteiger partial charge in [-0.1, -0.05) is 0 Å². The van der Waals surface area contributed by atoms with Crippen molar-refractivity contribution in [1.82, 2.24) is 9.88 Å². The molecule has 1 amide bonds. The molecule has 1 aromatic rings. The van der Waals surface area contributed by atoms with Crippen molar-refractivity contribution in [2.75, 3.05) is 18.1 Å². The van der Waals surface area contributed by atoms with Crippen LogP contribution >= 0.6 is 0 Å². The van der Waals surface area contributed by atoms with Crippen molar-refractivity contribution in [2.24, 2.45) is 0 Å². The van der Waals surface area contributed by atoms with Crippen molar-refractivity contribution in [3.8, 4) is 0 Å². The molecule has 8 heteroatoms. The van der Waals surface area contributed by atoms with Gasteiger partial charge < -0.3 is 14.6 Å². The van der Waals surface area contributed by atoms with Gasteiger partial charge in [0.25, 0.3) is 5.91 Å². The van der Waals surface area contributed by atoms with E-state index in [9.17, 15) is 18.0 Å². The van der Waals surface area contributed by atoms with E-state index >= 15 is 0 Å². The number of sulfone groups is 1. The minimum absolute atomic E-state index is 0.0137. The predicted molar refractivity (Wildman–Crippen MR) is 78.0 cm³/mol. The Morgan fingerprint density at radius 2 is 2.05 bits per heavy atom. The maximum atomic E-state index is 12.3. The molecule has 1 atom stereocenters. The molecule has 0 radical (unpaired) electrons. The molecule has 1 aliphatic heterocycles. The van der Waals surface area contributed by atoms with Crippen LogP contribution in [0.2, 0.25) is 0 Å². The van der Waals surface area contributed by atoms with Crippen LogP contribution < -0.4 is 0 Å². The first kappa shape index (κ1) is 15.1. The Morgan fingerprint density at radius 3 is 2.59 bits per heavy atom. The minimum Gasteiger partial charge on any atom is -0.451 e. The first-order valence-corrected chi connectivity index (χ1v) is 9.10. The standard InChI is InChI=1S/C14H18N2O5S/c17-13(8-21-14(18)12-2-1-6-15-12)16(10-3-4-10)11-5-7-22(19,20)9-11/h1-2,6,10-11,15H,3-5,7-9H2/t11-/m1/s1. The highest BCUT2D eigenvalue weighted by Crippen LogP contribution is 2.32. The summed E-state index contributed by atoms with van der Waals surface area (Å²) in [5, 5.41) is 0. The molecule has 1 N–H and O–H groups in total. The molecule has 1 aliphatic carbocycles. The lowest BCUT2D eigenvalue weighted by Crippen LogP contribution is -2.44. The Hall–Kier alpha value is -1.83. The molecule has 120 valence electrons. The zero-order valence-electron chi connectivity index (χ0n) is 12.0. The minimum atomic E-state index is -3.05. The van der Waals surface area contributed by atoms with Gasteiger partial charge in [-0.25, -0.2) is 13.2 Å². The summed E-state index contributed by atoms with van der Waals surface area (Å²) < 4.78 is 28.2. The number of nitrogens with zero attached hydrogens (tertiary/aromatic N) is 1. The number of esters is 1. The second kappa shape index (κ2) is 5.75. The fourth-order valence-corrected chi connectivity index (χ4v) is 4.50. The Balaban J connectivity index is 1.60. The highest BCUT2D eigenvalue weighted by molar-refractivity contribution is 7.91. The summed E-state index contributed by atoms with van der Waals surface area (Å²) in [5.74, 6) is -0.770. The number of hydrogen-bond acceptors (Lipinski definition) is 5. The van der Waals surface area contributed by atoms with Crippen molar-refractivity contribution in [2.45, 2.75) is 31.3 Å². The van der Waals surface area contributed by atoms with Gasteiger partial charge in [-0.05, 0) is 31.4 Å². The van der Waals surface area contributed by atoms with E-state index in [4.69, 9.17) is 4.74 Å². The van der Waals surface area contributed by atoms with Crippen molar-refractivity contribution in [3.63, 3.8) is 0 Å². The monoisotopic (exact) mass is 326 g/mol. The molecule has 7 nitrogen and oxygen atoms in total. The van der Waals surface area contributed by atoms with Gasteiger partial charge in [0.2, 0.25) is 0 Å². The molecule has 2 heterocycles. The Labute approximate surface area is 128 Å². The molecular weight excluding hydrogens is 308 g/mol. The quantitative estimate of drug-likeness (QED) is 0.788. The fraction of sp³-hybridized carbons (Fsp3) is 0.571. The Bertz CT molecular complexity index is 663. The van der Waals surface area contributed by atoms with Gasteiger partial charge >= 0.3 is 5.97 Å². The average molecular weight is 326 g/mol. The van der Waals surface area contributed by atoms with E-state index in [1.54, 1.807) is 23.2 Å². The molecule has 1 saturated heterocycles. The molecular formula is C14H18N2O5S. The normalized spacial score (nSPS) is 23.2. The van der Waals surface area contributed by atoms with Gasteiger partial charge in [-0.3, -0.25) is 4.79 Å². The third-order valence-corrected chi connectivity index (χ3v) is 5.72. The van der Waals surface area contributed by atoms with Crippen molar-refractivity contribution in [1.29, 1.82) is 0 Å². The summed E-state index contributed by atoms with van der Waals surface area (Å²) in [7, 11) is -3.05. The number of carbonyl (C=O) groups excluding carboxylic acids is 2. The average Bonchev–Trinajstić information content (AvgIpc) is 3.00. The molecule has 0 spiro atoms. The van der Waals surface area contributed by atoms with Gasteiger partial charge in [-0.2, -0.15) is 0 Å². The van der Waals surface area contributed by atoms with Gasteiger partial charge in [0.15, 0.2) is 16.4 Å². The summed E-state index contributed by atoms with van der Waals surface area (Å²) in [5.41, 5.74) is 0.286. The van der Waals surface area contributed by atoms with E-state index in [0.717, 1.165) is 12.8 Å². The first-order valence-electron chi connectivity index (χ1n) is 7.28. The van der Waals surface area contributed by atoms with Gasteiger partial charge in [0.05, 0.1) is 11.5 Å². The molecule has 1 aromatic heterocycles. The van der Waals surface area contributed by atoms with E-state index in [1.807, 2.05) is 0 Å². The molecule has 2 fully saturated rings. The third-order valence-electron chi connectivity index (χ3n) is 3.97. The summed E-state index contributed by atoms with van der Waals surface area (Å²) in [4.78, 5) is 28.4. The molecule has 1 saturated carbocycles. The second-order valence-corrected chi connectivity index (χ2v) is 7.98. The molecule has 0 bridgehead atoms. The number of rotatable bonds is 5. The lowest BCUT2D eigenvalue weighted by Gasteiger charge is -2.28. The number of aromatic amines is 1. The van der Waals surface area contributed by atoms with E-state index in [0.29, 0.717) is 6.42 Å². The number of H-pyrrole nitrogens is 1. The first-order chi connectivity index (χ1) is 10.5. The number of carbonyl (C=O) groups is 2. The van der Waals surface area contributed by atoms with E-state index < -0.39 is 15.8 Å². The van der Waals surface area contributed by atoms with E-state index in [1.165, 1.54) is 0 Å². The third kappa shape index (κ3) is 3.32. The van der Waals surface area contributed by atoms with Crippen LogP contribution in [0.4, 0.5) is 0 Å².